The Morgan fingerprint density at radius 1 is 0.810 bits per heavy atom. The SMILES string of the molecule is CC(Br)(c1cc2c([nH]1)CCCC2)c1cc2c([nH]1)CCCC2. The molecule has 4 rings (SSSR count). The Balaban J connectivity index is 1.71. The van der Waals surface area contributed by atoms with Crippen molar-refractivity contribution in [3.8, 4) is 0 Å². The van der Waals surface area contributed by atoms with Crippen LogP contribution in [0, 0.1) is 0 Å². The zero-order valence-corrected chi connectivity index (χ0v) is 14.3. The summed E-state index contributed by atoms with van der Waals surface area (Å²) in [6.07, 6.45) is 10.2. The summed E-state index contributed by atoms with van der Waals surface area (Å²) in [6, 6.07) is 4.76. The number of alkyl halides is 1. The van der Waals surface area contributed by atoms with Crippen LogP contribution in [0.5, 0.6) is 0 Å². The fourth-order valence-electron chi connectivity index (χ4n) is 3.86. The molecule has 0 bridgehead atoms. The van der Waals surface area contributed by atoms with Crippen LogP contribution in [-0.2, 0) is 30.0 Å². The third-order valence-electron chi connectivity index (χ3n) is 5.24. The van der Waals surface area contributed by atoms with Crippen molar-refractivity contribution in [2.75, 3.05) is 0 Å². The molecular formula is C18H23BrN2. The van der Waals surface area contributed by atoms with E-state index in [1.807, 2.05) is 0 Å². The van der Waals surface area contributed by atoms with Crippen LogP contribution >= 0.6 is 15.9 Å². The van der Waals surface area contributed by atoms with Gasteiger partial charge in [-0.05, 0) is 81.5 Å². The minimum Gasteiger partial charge on any atom is -0.361 e. The summed E-state index contributed by atoms with van der Waals surface area (Å²) in [7, 11) is 0. The van der Waals surface area contributed by atoms with E-state index in [0.717, 1.165) is 0 Å². The second-order valence-electron chi connectivity index (χ2n) is 6.79. The van der Waals surface area contributed by atoms with Crippen molar-refractivity contribution >= 4 is 15.9 Å². The number of halogens is 1. The number of hydrogen-bond acceptors (Lipinski definition) is 0. The summed E-state index contributed by atoms with van der Waals surface area (Å²) in [4.78, 5) is 7.37. The zero-order chi connectivity index (χ0) is 14.4. The first-order chi connectivity index (χ1) is 10.1. The normalized spacial score (nSPS) is 18.4. The first-order valence-electron chi connectivity index (χ1n) is 8.26. The lowest BCUT2D eigenvalue weighted by Crippen LogP contribution is -2.16. The predicted octanol–water partition coefficient (Wildman–Crippen LogP) is 4.76. The maximum Gasteiger partial charge on any atom is 0.102 e. The Kier molecular flexibility index (Phi) is 3.29. The molecule has 0 aromatic carbocycles. The summed E-state index contributed by atoms with van der Waals surface area (Å²) in [6.45, 7) is 2.27. The predicted molar refractivity (Wildman–Crippen MR) is 90.3 cm³/mol. The third-order valence-corrected chi connectivity index (χ3v) is 6.10. The molecule has 2 aromatic heterocycles. The van der Waals surface area contributed by atoms with Gasteiger partial charge < -0.3 is 9.97 Å². The second-order valence-corrected chi connectivity index (χ2v) is 8.38. The fourth-order valence-corrected chi connectivity index (χ4v) is 4.29. The Bertz CT molecular complexity index is 560. The number of hydrogen-bond donors (Lipinski definition) is 2. The number of aromatic amines is 2. The minimum atomic E-state index is -0.137. The van der Waals surface area contributed by atoms with Crippen LogP contribution in [0.2, 0.25) is 0 Å². The van der Waals surface area contributed by atoms with E-state index in [0.29, 0.717) is 0 Å². The van der Waals surface area contributed by atoms with Gasteiger partial charge in [0.25, 0.3) is 0 Å². The van der Waals surface area contributed by atoms with Crippen LogP contribution in [-0.4, -0.2) is 9.97 Å². The monoisotopic (exact) mass is 346 g/mol. The first kappa shape index (κ1) is 13.7. The molecule has 0 saturated carbocycles. The van der Waals surface area contributed by atoms with Gasteiger partial charge in [-0.2, -0.15) is 0 Å². The lowest BCUT2D eigenvalue weighted by molar-refractivity contribution is 0.672. The van der Waals surface area contributed by atoms with Crippen LogP contribution in [0.4, 0.5) is 0 Å². The lowest BCUT2D eigenvalue weighted by atomic mass is 9.96. The van der Waals surface area contributed by atoms with Gasteiger partial charge in [0.05, 0.1) is 0 Å². The van der Waals surface area contributed by atoms with Gasteiger partial charge in [0.1, 0.15) is 4.32 Å². The molecule has 0 amide bonds. The maximum absolute atomic E-state index is 3.99. The smallest absolute Gasteiger partial charge is 0.102 e. The molecule has 3 heteroatoms. The molecule has 0 aliphatic heterocycles. The molecule has 2 aliphatic rings. The molecule has 2 aromatic rings. The Morgan fingerprint density at radius 2 is 1.24 bits per heavy atom. The maximum atomic E-state index is 3.99. The average molecular weight is 347 g/mol. The second kappa shape index (κ2) is 5.05. The minimum absolute atomic E-state index is 0.137. The highest BCUT2D eigenvalue weighted by Gasteiger charge is 2.31. The molecule has 0 radical (unpaired) electrons. The van der Waals surface area contributed by atoms with E-state index in [1.165, 1.54) is 85.3 Å². The van der Waals surface area contributed by atoms with Crippen LogP contribution in [0.1, 0.15) is 66.5 Å². The van der Waals surface area contributed by atoms with Crippen molar-refractivity contribution in [3.63, 3.8) is 0 Å². The van der Waals surface area contributed by atoms with Crippen molar-refractivity contribution in [1.82, 2.24) is 9.97 Å². The van der Waals surface area contributed by atoms with Crippen molar-refractivity contribution in [3.05, 3.63) is 46.0 Å². The van der Waals surface area contributed by atoms with E-state index >= 15 is 0 Å². The van der Waals surface area contributed by atoms with Gasteiger partial charge in [-0.1, -0.05) is 15.9 Å². The van der Waals surface area contributed by atoms with Crippen molar-refractivity contribution in [1.29, 1.82) is 0 Å². The quantitative estimate of drug-likeness (QED) is 0.734. The standard InChI is InChI=1S/C18H23BrN2/c1-18(19,16-10-12-6-2-4-8-14(12)20-16)17-11-13-7-3-5-9-15(13)21-17/h10-11,20-21H,2-9H2,1H3. The molecule has 0 unspecified atom stereocenters. The average Bonchev–Trinajstić information content (AvgIpc) is 3.11. The summed E-state index contributed by atoms with van der Waals surface area (Å²) in [5.74, 6) is 0. The molecule has 2 heterocycles. The highest BCUT2D eigenvalue weighted by molar-refractivity contribution is 9.09. The van der Waals surface area contributed by atoms with Gasteiger partial charge in [0.15, 0.2) is 0 Å². The number of nitrogens with one attached hydrogen (secondary N) is 2. The van der Waals surface area contributed by atoms with Crippen LogP contribution < -0.4 is 0 Å². The highest BCUT2D eigenvalue weighted by Crippen LogP contribution is 2.40. The van der Waals surface area contributed by atoms with E-state index in [-0.39, 0.29) is 4.32 Å². The lowest BCUT2D eigenvalue weighted by Gasteiger charge is -2.20. The van der Waals surface area contributed by atoms with Crippen molar-refractivity contribution in [2.45, 2.75) is 62.6 Å². The Hall–Kier alpha value is -0.960. The summed E-state index contributed by atoms with van der Waals surface area (Å²) in [5.41, 5.74) is 8.56. The van der Waals surface area contributed by atoms with Gasteiger partial charge in [-0.25, -0.2) is 0 Å². The number of fused-ring (bicyclic) bond motifs is 2. The number of rotatable bonds is 2. The zero-order valence-electron chi connectivity index (χ0n) is 12.7. The molecule has 2 nitrogen and oxygen atoms in total. The van der Waals surface area contributed by atoms with Crippen LogP contribution in [0.25, 0.3) is 0 Å². The van der Waals surface area contributed by atoms with Gasteiger partial charge in [0, 0.05) is 22.8 Å². The number of H-pyrrole nitrogens is 2. The molecule has 21 heavy (non-hydrogen) atoms. The summed E-state index contributed by atoms with van der Waals surface area (Å²) >= 11 is 3.99. The largest absolute Gasteiger partial charge is 0.361 e. The molecule has 2 N–H and O–H groups in total. The summed E-state index contributed by atoms with van der Waals surface area (Å²) in [5, 5.41) is 0. The fraction of sp³-hybridized carbons (Fsp3) is 0.556. The van der Waals surface area contributed by atoms with Crippen LogP contribution in [0.15, 0.2) is 12.1 Å². The van der Waals surface area contributed by atoms with Crippen LogP contribution in [0.3, 0.4) is 0 Å². The van der Waals surface area contributed by atoms with E-state index in [4.69, 9.17) is 0 Å². The molecule has 2 aliphatic carbocycles. The van der Waals surface area contributed by atoms with E-state index in [9.17, 15) is 0 Å². The van der Waals surface area contributed by atoms with Gasteiger partial charge in [-0.15, -0.1) is 0 Å². The van der Waals surface area contributed by atoms with E-state index in [2.05, 4.69) is 45.0 Å². The number of aryl methyl sites for hydroxylation is 4. The van der Waals surface area contributed by atoms with Gasteiger partial charge in [-0.3, -0.25) is 0 Å². The van der Waals surface area contributed by atoms with E-state index < -0.39 is 0 Å². The first-order valence-corrected chi connectivity index (χ1v) is 9.05. The van der Waals surface area contributed by atoms with Gasteiger partial charge >= 0.3 is 0 Å². The molecule has 0 saturated heterocycles. The highest BCUT2D eigenvalue weighted by atomic mass is 79.9. The Labute approximate surface area is 134 Å². The Morgan fingerprint density at radius 3 is 1.67 bits per heavy atom. The third kappa shape index (κ3) is 2.30. The molecular weight excluding hydrogens is 324 g/mol. The molecule has 0 fully saturated rings. The molecule has 0 atom stereocenters. The van der Waals surface area contributed by atoms with Crippen molar-refractivity contribution < 1.29 is 0 Å². The topological polar surface area (TPSA) is 31.6 Å². The summed E-state index contributed by atoms with van der Waals surface area (Å²) < 4.78 is -0.137. The van der Waals surface area contributed by atoms with Crippen molar-refractivity contribution in [2.24, 2.45) is 0 Å². The molecule has 0 spiro atoms. The van der Waals surface area contributed by atoms with E-state index in [1.54, 1.807) is 0 Å². The number of aromatic nitrogens is 2. The van der Waals surface area contributed by atoms with Gasteiger partial charge in [0.2, 0.25) is 0 Å². The molecule has 112 valence electrons.